The number of benzene rings is 1. The fraction of sp³-hybridized carbons (Fsp3) is 0.357. The number of rotatable bonds is 7. The molecule has 5 heteroatoms. The van der Waals surface area contributed by atoms with Crippen molar-refractivity contribution in [1.82, 2.24) is 0 Å². The first kappa shape index (κ1) is 14.7. The number of carbonyl (C=O) groups excluding carboxylic acids is 1. The second kappa shape index (κ2) is 7.17. The number of aliphatic carboxylic acids is 1. The quantitative estimate of drug-likeness (QED) is 0.761. The lowest BCUT2D eigenvalue weighted by molar-refractivity contribution is -0.145. The van der Waals surface area contributed by atoms with E-state index in [4.69, 9.17) is 15.1 Å². The molecule has 0 aliphatic rings. The highest BCUT2D eigenvalue weighted by Gasteiger charge is 2.20. The van der Waals surface area contributed by atoms with E-state index in [0.717, 1.165) is 12.8 Å². The molecule has 1 unspecified atom stereocenters. The average molecular weight is 261 g/mol. The van der Waals surface area contributed by atoms with Crippen LogP contribution in [0.1, 0.15) is 42.1 Å². The van der Waals surface area contributed by atoms with Gasteiger partial charge < -0.3 is 9.84 Å². The first-order valence-corrected chi connectivity index (χ1v) is 6.01. The molecule has 0 aliphatic carbocycles. The Bertz CT molecular complexity index is 505. The molecule has 0 saturated heterocycles. The third kappa shape index (κ3) is 4.11. The Balaban J connectivity index is 2.93. The molecule has 0 radical (unpaired) electrons. The molecule has 1 rings (SSSR count). The molecule has 0 fully saturated rings. The minimum Gasteiger partial charge on any atom is -0.479 e. The van der Waals surface area contributed by atoms with Gasteiger partial charge in [-0.3, -0.25) is 4.79 Å². The molecule has 19 heavy (non-hydrogen) atoms. The first-order chi connectivity index (χ1) is 9.12. The molecule has 0 heterocycles. The number of unbranched alkanes of at least 4 members (excludes halogenated alkanes) is 1. The number of hydrogen-bond acceptors (Lipinski definition) is 4. The lowest BCUT2D eigenvalue weighted by Crippen LogP contribution is -2.27. The van der Waals surface area contributed by atoms with E-state index in [1.807, 2.05) is 13.0 Å². The molecule has 1 aromatic carbocycles. The predicted octanol–water partition coefficient (Wildman–Crippen LogP) is 2.39. The molecule has 0 saturated carbocycles. The zero-order chi connectivity index (χ0) is 14.3. The summed E-state index contributed by atoms with van der Waals surface area (Å²) in [6, 6.07) is 6.22. The summed E-state index contributed by atoms with van der Waals surface area (Å²) in [7, 11) is 0. The van der Waals surface area contributed by atoms with Crippen molar-refractivity contribution in [2.24, 2.45) is 0 Å². The van der Waals surface area contributed by atoms with Crippen molar-refractivity contribution < 1.29 is 19.4 Å². The van der Waals surface area contributed by atoms with E-state index in [-0.39, 0.29) is 11.3 Å². The summed E-state index contributed by atoms with van der Waals surface area (Å²) in [6.45, 7) is 1.96. The molecular formula is C14H15NO4. The Labute approximate surface area is 111 Å². The number of aldehydes is 1. The van der Waals surface area contributed by atoms with Crippen LogP contribution in [-0.2, 0) is 4.79 Å². The Morgan fingerprint density at radius 1 is 1.58 bits per heavy atom. The Kier molecular flexibility index (Phi) is 5.55. The second-order valence-electron chi connectivity index (χ2n) is 4.07. The molecule has 5 nitrogen and oxygen atoms in total. The van der Waals surface area contributed by atoms with Crippen LogP contribution in [0, 0.1) is 11.3 Å². The summed E-state index contributed by atoms with van der Waals surface area (Å²) in [5.74, 6) is -0.868. The van der Waals surface area contributed by atoms with Crippen molar-refractivity contribution >= 4 is 12.3 Å². The molecule has 0 bridgehead atoms. The zero-order valence-electron chi connectivity index (χ0n) is 10.6. The van der Waals surface area contributed by atoms with Crippen molar-refractivity contribution in [2.45, 2.75) is 32.3 Å². The van der Waals surface area contributed by atoms with E-state index in [0.29, 0.717) is 18.3 Å². The van der Waals surface area contributed by atoms with Crippen LogP contribution in [0.15, 0.2) is 18.2 Å². The predicted molar refractivity (Wildman–Crippen MR) is 68.1 cm³/mol. The second-order valence-corrected chi connectivity index (χ2v) is 4.07. The first-order valence-electron chi connectivity index (χ1n) is 6.01. The standard InChI is InChI=1S/C14H15NO4/c1-2-3-4-13(14(17)18)19-12-6-5-10(8-15)7-11(12)9-16/h5-7,9,13H,2-4H2,1H3,(H,17,18). The maximum absolute atomic E-state index is 11.1. The zero-order valence-corrected chi connectivity index (χ0v) is 10.6. The number of carbonyl (C=O) groups is 2. The molecule has 0 aromatic heterocycles. The molecule has 0 aliphatic heterocycles. The minimum absolute atomic E-state index is 0.182. The summed E-state index contributed by atoms with van der Waals surface area (Å²) in [6.07, 6.45) is 1.54. The van der Waals surface area contributed by atoms with E-state index < -0.39 is 12.1 Å². The number of carboxylic acid groups (broad SMARTS) is 1. The maximum atomic E-state index is 11.1. The highest BCUT2D eigenvalue weighted by atomic mass is 16.5. The van der Waals surface area contributed by atoms with Gasteiger partial charge in [-0.2, -0.15) is 5.26 Å². The highest BCUT2D eigenvalue weighted by Crippen LogP contribution is 2.21. The van der Waals surface area contributed by atoms with Crippen LogP contribution in [0.2, 0.25) is 0 Å². The summed E-state index contributed by atoms with van der Waals surface area (Å²) in [5.41, 5.74) is 0.511. The normalized spacial score (nSPS) is 11.4. The number of nitrogens with zero attached hydrogens (tertiary/aromatic N) is 1. The van der Waals surface area contributed by atoms with Crippen LogP contribution in [0.5, 0.6) is 5.75 Å². The number of nitriles is 1. The van der Waals surface area contributed by atoms with E-state index >= 15 is 0 Å². The van der Waals surface area contributed by atoms with Gasteiger partial charge in [-0.1, -0.05) is 13.3 Å². The number of hydrogen-bond donors (Lipinski definition) is 1. The van der Waals surface area contributed by atoms with Gasteiger partial charge in [0.1, 0.15) is 5.75 Å². The van der Waals surface area contributed by atoms with E-state index in [2.05, 4.69) is 0 Å². The van der Waals surface area contributed by atoms with Crippen molar-refractivity contribution in [3.63, 3.8) is 0 Å². The Morgan fingerprint density at radius 2 is 2.32 bits per heavy atom. The smallest absolute Gasteiger partial charge is 0.344 e. The van der Waals surface area contributed by atoms with Gasteiger partial charge in [0.15, 0.2) is 12.4 Å². The highest BCUT2D eigenvalue weighted by molar-refractivity contribution is 5.81. The Hall–Kier alpha value is -2.35. The SMILES string of the molecule is CCCCC(Oc1ccc(C#N)cc1C=O)C(=O)O. The molecular weight excluding hydrogens is 246 g/mol. The molecule has 1 N–H and O–H groups in total. The van der Waals surface area contributed by atoms with Gasteiger partial charge in [-0.25, -0.2) is 4.79 Å². The molecule has 100 valence electrons. The summed E-state index contributed by atoms with van der Waals surface area (Å²) in [4.78, 5) is 22.0. The Morgan fingerprint density at radius 3 is 2.84 bits per heavy atom. The van der Waals surface area contributed by atoms with Crippen molar-refractivity contribution in [3.8, 4) is 11.8 Å². The molecule has 0 spiro atoms. The molecule has 0 amide bonds. The fourth-order valence-electron chi connectivity index (χ4n) is 1.59. The number of ether oxygens (including phenoxy) is 1. The van der Waals surface area contributed by atoms with Gasteiger partial charge in [0, 0.05) is 0 Å². The van der Waals surface area contributed by atoms with Crippen LogP contribution in [0.25, 0.3) is 0 Å². The van der Waals surface area contributed by atoms with Gasteiger partial charge in [0.25, 0.3) is 0 Å². The van der Waals surface area contributed by atoms with E-state index in [9.17, 15) is 9.59 Å². The fourth-order valence-corrected chi connectivity index (χ4v) is 1.59. The van der Waals surface area contributed by atoms with Gasteiger partial charge in [-0.05, 0) is 31.0 Å². The third-order valence-electron chi connectivity index (χ3n) is 2.63. The maximum Gasteiger partial charge on any atom is 0.344 e. The van der Waals surface area contributed by atoms with Crippen LogP contribution in [0.3, 0.4) is 0 Å². The average Bonchev–Trinajstić information content (AvgIpc) is 2.43. The summed E-state index contributed by atoms with van der Waals surface area (Å²) in [5, 5.41) is 17.8. The largest absolute Gasteiger partial charge is 0.479 e. The van der Waals surface area contributed by atoms with Gasteiger partial charge in [0.05, 0.1) is 17.2 Å². The summed E-state index contributed by atoms with van der Waals surface area (Å²) >= 11 is 0. The monoisotopic (exact) mass is 261 g/mol. The molecule has 1 atom stereocenters. The molecule has 1 aromatic rings. The van der Waals surface area contributed by atoms with E-state index in [1.54, 1.807) is 0 Å². The van der Waals surface area contributed by atoms with E-state index in [1.165, 1.54) is 18.2 Å². The summed E-state index contributed by atoms with van der Waals surface area (Å²) < 4.78 is 5.36. The lowest BCUT2D eigenvalue weighted by Gasteiger charge is -2.16. The van der Waals surface area contributed by atoms with Gasteiger partial charge >= 0.3 is 5.97 Å². The van der Waals surface area contributed by atoms with Gasteiger partial charge in [-0.15, -0.1) is 0 Å². The number of carboxylic acids is 1. The van der Waals surface area contributed by atoms with Crippen LogP contribution in [0.4, 0.5) is 0 Å². The van der Waals surface area contributed by atoms with Crippen molar-refractivity contribution in [2.75, 3.05) is 0 Å². The minimum atomic E-state index is -1.06. The van der Waals surface area contributed by atoms with Crippen LogP contribution >= 0.6 is 0 Å². The van der Waals surface area contributed by atoms with Crippen molar-refractivity contribution in [3.05, 3.63) is 29.3 Å². The third-order valence-corrected chi connectivity index (χ3v) is 2.63. The van der Waals surface area contributed by atoms with Crippen LogP contribution in [-0.4, -0.2) is 23.5 Å². The van der Waals surface area contributed by atoms with Crippen molar-refractivity contribution in [1.29, 1.82) is 5.26 Å². The topological polar surface area (TPSA) is 87.4 Å². The lowest BCUT2D eigenvalue weighted by atomic mass is 10.1. The van der Waals surface area contributed by atoms with Crippen LogP contribution < -0.4 is 4.74 Å². The van der Waals surface area contributed by atoms with Gasteiger partial charge in [0.2, 0.25) is 0 Å².